The lowest BCUT2D eigenvalue weighted by molar-refractivity contribution is 0.0852. The third-order valence-corrected chi connectivity index (χ3v) is 4.36. The quantitative estimate of drug-likeness (QED) is 0.754. The zero-order chi connectivity index (χ0) is 12.0. The van der Waals surface area contributed by atoms with Gasteiger partial charge in [0.05, 0.1) is 0 Å². The van der Waals surface area contributed by atoms with E-state index in [1.54, 1.807) is 0 Å². The predicted molar refractivity (Wildman–Crippen MR) is 71.6 cm³/mol. The topological polar surface area (TPSA) is 29.3 Å². The van der Waals surface area contributed by atoms with Crippen LogP contribution >= 0.6 is 0 Å². The lowest BCUT2D eigenvalue weighted by atomic mass is 9.83. The van der Waals surface area contributed by atoms with Gasteiger partial charge in [-0.1, -0.05) is 33.1 Å². The highest BCUT2D eigenvalue weighted by molar-refractivity contribution is 4.85. The van der Waals surface area contributed by atoms with Gasteiger partial charge in [-0.2, -0.15) is 0 Å². The maximum absolute atomic E-state index is 5.92. The van der Waals surface area contributed by atoms with Crippen LogP contribution in [0.3, 0.4) is 0 Å². The van der Waals surface area contributed by atoms with Crippen molar-refractivity contribution in [1.29, 1.82) is 0 Å². The van der Waals surface area contributed by atoms with Gasteiger partial charge in [-0.15, -0.1) is 0 Å². The number of nitrogens with two attached hydrogens (primary N) is 1. The molecule has 0 aliphatic heterocycles. The van der Waals surface area contributed by atoms with Crippen LogP contribution in [0.2, 0.25) is 0 Å². The van der Waals surface area contributed by atoms with Crippen molar-refractivity contribution in [3.05, 3.63) is 0 Å². The fraction of sp³-hybridized carbons (Fsp3) is 1.00. The van der Waals surface area contributed by atoms with Gasteiger partial charge >= 0.3 is 0 Å². The Morgan fingerprint density at radius 1 is 1.25 bits per heavy atom. The van der Waals surface area contributed by atoms with Gasteiger partial charge in [0.25, 0.3) is 0 Å². The summed E-state index contributed by atoms with van der Waals surface area (Å²) in [4.78, 5) is 2.64. The van der Waals surface area contributed by atoms with Crippen molar-refractivity contribution in [3.63, 3.8) is 0 Å². The van der Waals surface area contributed by atoms with Gasteiger partial charge in [0.2, 0.25) is 0 Å². The predicted octanol–water partition coefficient (Wildman–Crippen LogP) is 3.01. The van der Waals surface area contributed by atoms with E-state index in [0.29, 0.717) is 0 Å². The van der Waals surface area contributed by atoms with Crippen molar-refractivity contribution in [3.8, 4) is 0 Å². The minimum absolute atomic E-state index is 0.740. The first kappa shape index (κ1) is 14.0. The Morgan fingerprint density at radius 2 is 1.94 bits per heavy atom. The first-order valence-corrected chi connectivity index (χ1v) is 7.16. The Morgan fingerprint density at radius 3 is 2.50 bits per heavy atom. The second-order valence-corrected chi connectivity index (χ2v) is 5.36. The molecule has 0 radical (unpaired) electrons. The van der Waals surface area contributed by atoms with Gasteiger partial charge in [0.15, 0.2) is 0 Å². The lowest BCUT2D eigenvalue weighted by Crippen LogP contribution is -2.47. The smallest absolute Gasteiger partial charge is 0.0135 e. The van der Waals surface area contributed by atoms with Gasteiger partial charge in [0, 0.05) is 12.1 Å². The maximum atomic E-state index is 5.92. The summed E-state index contributed by atoms with van der Waals surface area (Å²) in [5, 5.41) is 0. The summed E-state index contributed by atoms with van der Waals surface area (Å²) in [6, 6.07) is 1.51. The molecule has 2 heteroatoms. The largest absolute Gasteiger partial charge is 0.330 e. The number of nitrogens with zero attached hydrogens (tertiary/aromatic N) is 1. The molecule has 1 aliphatic carbocycles. The average Bonchev–Trinajstić information content (AvgIpc) is 2.35. The summed E-state index contributed by atoms with van der Waals surface area (Å²) in [7, 11) is 2.32. The second kappa shape index (κ2) is 7.29. The van der Waals surface area contributed by atoms with E-state index >= 15 is 0 Å². The Bertz CT molecular complexity index is 182. The lowest BCUT2D eigenvalue weighted by Gasteiger charge is -2.41. The Kier molecular flexibility index (Phi) is 6.37. The van der Waals surface area contributed by atoms with Crippen molar-refractivity contribution < 1.29 is 0 Å². The van der Waals surface area contributed by atoms with Gasteiger partial charge in [-0.25, -0.2) is 0 Å². The number of hydrogen-bond acceptors (Lipinski definition) is 2. The molecule has 0 bridgehead atoms. The van der Waals surface area contributed by atoms with Crippen LogP contribution in [0.4, 0.5) is 0 Å². The minimum atomic E-state index is 0.740. The molecular weight excluding hydrogens is 196 g/mol. The molecule has 0 aromatic heterocycles. The molecule has 0 heterocycles. The molecule has 3 unspecified atom stereocenters. The summed E-state index contributed by atoms with van der Waals surface area (Å²) in [5.41, 5.74) is 5.92. The monoisotopic (exact) mass is 226 g/mol. The molecule has 3 atom stereocenters. The van der Waals surface area contributed by atoms with Gasteiger partial charge in [-0.05, 0) is 45.2 Å². The summed E-state index contributed by atoms with van der Waals surface area (Å²) in [6.07, 6.45) is 9.39. The second-order valence-electron chi connectivity index (χ2n) is 5.36. The van der Waals surface area contributed by atoms with Crippen LogP contribution < -0.4 is 5.73 Å². The molecule has 16 heavy (non-hydrogen) atoms. The number of rotatable bonds is 6. The van der Waals surface area contributed by atoms with Crippen LogP contribution in [0, 0.1) is 5.92 Å². The molecule has 1 rings (SSSR count). The fourth-order valence-electron chi connectivity index (χ4n) is 3.30. The zero-order valence-electron chi connectivity index (χ0n) is 11.4. The average molecular weight is 226 g/mol. The highest BCUT2D eigenvalue weighted by Gasteiger charge is 2.29. The highest BCUT2D eigenvalue weighted by atomic mass is 15.2. The van der Waals surface area contributed by atoms with E-state index in [9.17, 15) is 0 Å². The fourth-order valence-corrected chi connectivity index (χ4v) is 3.30. The van der Waals surface area contributed by atoms with Crippen molar-refractivity contribution in [2.24, 2.45) is 11.7 Å². The third-order valence-electron chi connectivity index (χ3n) is 4.36. The minimum Gasteiger partial charge on any atom is -0.330 e. The van der Waals surface area contributed by atoms with E-state index < -0.39 is 0 Å². The van der Waals surface area contributed by atoms with Crippen LogP contribution in [0.5, 0.6) is 0 Å². The first-order valence-electron chi connectivity index (χ1n) is 7.16. The zero-order valence-corrected chi connectivity index (χ0v) is 11.4. The van der Waals surface area contributed by atoms with Gasteiger partial charge in [0.1, 0.15) is 0 Å². The molecule has 2 N–H and O–H groups in total. The highest BCUT2D eigenvalue weighted by Crippen LogP contribution is 2.29. The van der Waals surface area contributed by atoms with E-state index in [1.807, 2.05) is 0 Å². The SMILES string of the molecule is CCCC(CC)N(C)C1CCCCC1CN. The molecule has 2 nitrogen and oxygen atoms in total. The van der Waals surface area contributed by atoms with Crippen LogP contribution in [0.15, 0.2) is 0 Å². The molecule has 96 valence electrons. The third kappa shape index (κ3) is 3.46. The molecule has 0 aromatic rings. The molecule has 0 spiro atoms. The van der Waals surface area contributed by atoms with Crippen LogP contribution in [-0.2, 0) is 0 Å². The Hall–Kier alpha value is -0.0800. The molecule has 0 amide bonds. The van der Waals surface area contributed by atoms with E-state index in [-0.39, 0.29) is 0 Å². The maximum Gasteiger partial charge on any atom is 0.0135 e. The van der Waals surface area contributed by atoms with Gasteiger partial charge < -0.3 is 10.6 Å². The summed E-state index contributed by atoms with van der Waals surface area (Å²) in [5.74, 6) is 0.740. The standard InChI is InChI=1S/C14H30N2/c1-4-8-13(5-2)16(3)14-10-7-6-9-12(14)11-15/h12-14H,4-11,15H2,1-3H3. The summed E-state index contributed by atoms with van der Waals surface area (Å²) >= 11 is 0. The van der Waals surface area contributed by atoms with E-state index in [0.717, 1.165) is 24.5 Å². The van der Waals surface area contributed by atoms with Crippen molar-refractivity contribution in [1.82, 2.24) is 4.90 Å². The van der Waals surface area contributed by atoms with E-state index in [2.05, 4.69) is 25.8 Å². The molecule has 0 saturated heterocycles. The first-order chi connectivity index (χ1) is 7.74. The van der Waals surface area contributed by atoms with Crippen LogP contribution in [-0.4, -0.2) is 30.6 Å². The molecule has 1 fully saturated rings. The van der Waals surface area contributed by atoms with E-state index in [1.165, 1.54) is 44.9 Å². The molecular formula is C14H30N2. The summed E-state index contributed by atoms with van der Waals surface area (Å²) < 4.78 is 0. The van der Waals surface area contributed by atoms with Crippen LogP contribution in [0.1, 0.15) is 58.8 Å². The molecule has 1 aliphatic rings. The Labute approximate surface area is 102 Å². The van der Waals surface area contributed by atoms with Crippen molar-refractivity contribution in [2.45, 2.75) is 70.9 Å². The van der Waals surface area contributed by atoms with E-state index in [4.69, 9.17) is 5.73 Å². The van der Waals surface area contributed by atoms with Crippen LogP contribution in [0.25, 0.3) is 0 Å². The molecule has 1 saturated carbocycles. The summed E-state index contributed by atoms with van der Waals surface area (Å²) in [6.45, 7) is 5.48. The molecule has 0 aromatic carbocycles. The Balaban J connectivity index is 2.57. The normalized spacial score (nSPS) is 28.3. The van der Waals surface area contributed by atoms with Gasteiger partial charge in [-0.3, -0.25) is 0 Å². The number of hydrogen-bond donors (Lipinski definition) is 1. The van der Waals surface area contributed by atoms with Crippen molar-refractivity contribution >= 4 is 0 Å². The van der Waals surface area contributed by atoms with Crippen molar-refractivity contribution in [2.75, 3.05) is 13.6 Å².